The van der Waals surface area contributed by atoms with E-state index in [4.69, 9.17) is 9.72 Å². The molecule has 1 unspecified atom stereocenters. The first-order chi connectivity index (χ1) is 11.8. The Labute approximate surface area is 139 Å². The van der Waals surface area contributed by atoms with E-state index < -0.39 is 0 Å². The number of nitrogens with zero attached hydrogens (tertiary/aromatic N) is 4. The molecule has 0 N–H and O–H groups in total. The Hall–Kier alpha value is -2.60. The van der Waals surface area contributed by atoms with Crippen molar-refractivity contribution >= 4 is 11.0 Å². The lowest BCUT2D eigenvalue weighted by molar-refractivity contribution is 0.177. The van der Waals surface area contributed by atoms with E-state index in [1.165, 1.54) is 0 Å². The molecule has 0 aromatic carbocycles. The van der Waals surface area contributed by atoms with Gasteiger partial charge in [-0.3, -0.25) is 14.3 Å². The van der Waals surface area contributed by atoms with Crippen LogP contribution in [-0.2, 0) is 17.7 Å². The Morgan fingerprint density at radius 2 is 2.25 bits per heavy atom. The van der Waals surface area contributed by atoms with E-state index in [9.17, 15) is 4.79 Å². The molecule has 0 saturated heterocycles. The number of ether oxygens (including phenoxy) is 1. The summed E-state index contributed by atoms with van der Waals surface area (Å²) >= 11 is 0. The standard InChI is InChI=1S/C18H18N4O2/c1-24-7-5-12-8-16-21-15-9-13(14-4-2-3-6-19-14)10-20-17(15)18(23)22(16)11-12/h2-4,6,9-10,12H,5,7-8,11H2,1H3. The fraction of sp³-hybridized carbons (Fsp3) is 0.333. The monoisotopic (exact) mass is 322 g/mol. The van der Waals surface area contributed by atoms with Crippen LogP contribution in [0.5, 0.6) is 0 Å². The van der Waals surface area contributed by atoms with Gasteiger partial charge >= 0.3 is 0 Å². The average Bonchev–Trinajstić information content (AvgIpc) is 3.03. The Bertz CT molecular complexity index is 937. The van der Waals surface area contributed by atoms with Crippen molar-refractivity contribution in [3.63, 3.8) is 0 Å². The van der Waals surface area contributed by atoms with Crippen LogP contribution in [0.3, 0.4) is 0 Å². The minimum absolute atomic E-state index is 0.0533. The molecule has 0 amide bonds. The van der Waals surface area contributed by atoms with E-state index >= 15 is 0 Å². The lowest BCUT2D eigenvalue weighted by atomic mass is 10.1. The molecular formula is C18H18N4O2. The number of pyridine rings is 2. The summed E-state index contributed by atoms with van der Waals surface area (Å²) in [6.07, 6.45) is 5.17. The van der Waals surface area contributed by atoms with Gasteiger partial charge in [0, 0.05) is 44.6 Å². The van der Waals surface area contributed by atoms with Gasteiger partial charge in [-0.2, -0.15) is 0 Å². The number of hydrogen-bond donors (Lipinski definition) is 0. The molecular weight excluding hydrogens is 304 g/mol. The van der Waals surface area contributed by atoms with Gasteiger partial charge in [0.1, 0.15) is 5.82 Å². The van der Waals surface area contributed by atoms with Crippen molar-refractivity contribution in [2.24, 2.45) is 5.92 Å². The van der Waals surface area contributed by atoms with Crippen LogP contribution in [0.15, 0.2) is 41.5 Å². The Kier molecular flexibility index (Phi) is 3.82. The molecule has 3 aromatic heterocycles. The SMILES string of the molecule is COCCC1Cc2nc3cc(-c4ccccn4)cnc3c(=O)n2C1. The fourth-order valence-corrected chi connectivity index (χ4v) is 3.22. The molecule has 122 valence electrons. The molecule has 0 saturated carbocycles. The van der Waals surface area contributed by atoms with Crippen molar-refractivity contribution in [3.05, 3.63) is 52.8 Å². The van der Waals surface area contributed by atoms with Crippen molar-refractivity contribution in [2.45, 2.75) is 19.4 Å². The van der Waals surface area contributed by atoms with Gasteiger partial charge in [-0.15, -0.1) is 0 Å². The molecule has 0 aliphatic carbocycles. The van der Waals surface area contributed by atoms with Crippen LogP contribution in [0.1, 0.15) is 12.2 Å². The van der Waals surface area contributed by atoms with Gasteiger partial charge in [-0.05, 0) is 30.5 Å². The summed E-state index contributed by atoms with van der Waals surface area (Å²) in [5, 5.41) is 0. The first kappa shape index (κ1) is 15.0. The van der Waals surface area contributed by atoms with Crippen LogP contribution in [0.25, 0.3) is 22.3 Å². The molecule has 4 rings (SSSR count). The van der Waals surface area contributed by atoms with Crippen LogP contribution < -0.4 is 5.56 Å². The van der Waals surface area contributed by atoms with Crippen molar-refractivity contribution < 1.29 is 4.74 Å². The van der Waals surface area contributed by atoms with Gasteiger partial charge in [0.05, 0.1) is 11.2 Å². The maximum Gasteiger partial charge on any atom is 0.280 e. The lowest BCUT2D eigenvalue weighted by Crippen LogP contribution is -2.22. The van der Waals surface area contributed by atoms with Crippen molar-refractivity contribution in [1.82, 2.24) is 19.5 Å². The first-order valence-electron chi connectivity index (χ1n) is 8.06. The number of aromatic nitrogens is 4. The second-order valence-corrected chi connectivity index (χ2v) is 6.10. The molecule has 24 heavy (non-hydrogen) atoms. The van der Waals surface area contributed by atoms with E-state index in [1.807, 2.05) is 24.3 Å². The average molecular weight is 322 g/mol. The Morgan fingerprint density at radius 3 is 3.04 bits per heavy atom. The van der Waals surface area contributed by atoms with Crippen LogP contribution in [-0.4, -0.2) is 33.2 Å². The van der Waals surface area contributed by atoms with Crippen molar-refractivity contribution in [3.8, 4) is 11.3 Å². The lowest BCUT2D eigenvalue weighted by Gasteiger charge is -2.06. The minimum atomic E-state index is -0.0533. The van der Waals surface area contributed by atoms with Crippen LogP contribution >= 0.6 is 0 Å². The maximum absolute atomic E-state index is 12.7. The third-order valence-electron chi connectivity index (χ3n) is 4.48. The van der Waals surface area contributed by atoms with E-state index in [-0.39, 0.29) is 5.56 Å². The molecule has 3 aromatic rings. The normalized spacial score (nSPS) is 16.5. The van der Waals surface area contributed by atoms with Gasteiger partial charge in [0.15, 0.2) is 5.52 Å². The van der Waals surface area contributed by atoms with Gasteiger partial charge in [0.25, 0.3) is 5.56 Å². The van der Waals surface area contributed by atoms with Crippen LogP contribution in [0.2, 0.25) is 0 Å². The van der Waals surface area contributed by atoms with E-state index in [0.29, 0.717) is 30.1 Å². The first-order valence-corrected chi connectivity index (χ1v) is 8.06. The molecule has 6 heteroatoms. The largest absolute Gasteiger partial charge is 0.385 e. The molecule has 0 fully saturated rings. The summed E-state index contributed by atoms with van der Waals surface area (Å²) in [7, 11) is 1.70. The number of hydrogen-bond acceptors (Lipinski definition) is 5. The molecule has 1 atom stereocenters. The summed E-state index contributed by atoms with van der Waals surface area (Å²) in [5.41, 5.74) is 2.70. The predicted molar refractivity (Wildman–Crippen MR) is 90.7 cm³/mol. The summed E-state index contributed by atoms with van der Waals surface area (Å²) < 4.78 is 6.91. The van der Waals surface area contributed by atoms with Gasteiger partial charge in [-0.1, -0.05) is 6.07 Å². The van der Waals surface area contributed by atoms with Gasteiger partial charge < -0.3 is 4.74 Å². The molecule has 0 bridgehead atoms. The summed E-state index contributed by atoms with van der Waals surface area (Å²) in [4.78, 5) is 26.1. The Balaban J connectivity index is 1.75. The smallest absolute Gasteiger partial charge is 0.280 e. The zero-order chi connectivity index (χ0) is 16.5. The highest BCUT2D eigenvalue weighted by molar-refractivity contribution is 5.78. The second kappa shape index (κ2) is 6.13. The third-order valence-corrected chi connectivity index (χ3v) is 4.48. The zero-order valence-electron chi connectivity index (χ0n) is 13.5. The predicted octanol–water partition coefficient (Wildman–Crippen LogP) is 2.06. The molecule has 4 heterocycles. The quantitative estimate of drug-likeness (QED) is 0.735. The second-order valence-electron chi connectivity index (χ2n) is 6.10. The van der Waals surface area contributed by atoms with Gasteiger partial charge in [-0.25, -0.2) is 9.97 Å². The molecule has 0 radical (unpaired) electrons. The minimum Gasteiger partial charge on any atom is -0.385 e. The number of rotatable bonds is 4. The van der Waals surface area contributed by atoms with E-state index in [0.717, 1.165) is 29.9 Å². The van der Waals surface area contributed by atoms with Crippen molar-refractivity contribution in [1.29, 1.82) is 0 Å². The maximum atomic E-state index is 12.7. The summed E-state index contributed by atoms with van der Waals surface area (Å²) in [5.74, 6) is 1.24. The van der Waals surface area contributed by atoms with Crippen LogP contribution in [0, 0.1) is 5.92 Å². The highest BCUT2D eigenvalue weighted by Gasteiger charge is 2.25. The Morgan fingerprint density at radius 1 is 1.33 bits per heavy atom. The third kappa shape index (κ3) is 2.59. The van der Waals surface area contributed by atoms with Crippen molar-refractivity contribution in [2.75, 3.05) is 13.7 Å². The highest BCUT2D eigenvalue weighted by atomic mass is 16.5. The molecule has 6 nitrogen and oxygen atoms in total. The van der Waals surface area contributed by atoms with E-state index in [2.05, 4.69) is 9.97 Å². The molecule has 1 aliphatic rings. The van der Waals surface area contributed by atoms with Gasteiger partial charge in [0.2, 0.25) is 0 Å². The topological polar surface area (TPSA) is 69.9 Å². The number of methoxy groups -OCH3 is 1. The summed E-state index contributed by atoms with van der Waals surface area (Å²) in [6, 6.07) is 7.62. The molecule has 1 aliphatic heterocycles. The fourth-order valence-electron chi connectivity index (χ4n) is 3.22. The summed E-state index contributed by atoms with van der Waals surface area (Å²) in [6.45, 7) is 1.40. The zero-order valence-corrected chi connectivity index (χ0v) is 13.5. The molecule has 0 spiro atoms. The number of fused-ring (bicyclic) bond motifs is 2. The van der Waals surface area contributed by atoms with E-state index in [1.54, 1.807) is 24.1 Å². The van der Waals surface area contributed by atoms with Crippen LogP contribution in [0.4, 0.5) is 0 Å². The highest BCUT2D eigenvalue weighted by Crippen LogP contribution is 2.23.